The van der Waals surface area contributed by atoms with Gasteiger partial charge < -0.3 is 0 Å². The average Bonchev–Trinajstić information content (AvgIpc) is 2.72. The molecule has 0 N–H and O–H groups in total. The maximum absolute atomic E-state index is 12.6. The number of Topliss-reactive ketones (excluding diaryl/α,β-unsaturated/α-hetero) is 1. The standard InChI is InChI=1S/C20H24O2/c1-12-10-17-15-5-4-13-11-14(21)6-8-19(13,2)16(15)7-9-20(17,3)18(12)22/h6-8,11-12,15,17H,4-5,9-10H2,1-3H3/t12-,15-,17+,19+,20+/m1/s1. The van der Waals surface area contributed by atoms with Crippen LogP contribution in [0.3, 0.4) is 0 Å². The molecule has 2 fully saturated rings. The molecular weight excluding hydrogens is 272 g/mol. The highest BCUT2D eigenvalue weighted by Crippen LogP contribution is 2.61. The Bertz CT molecular complexity index is 665. The lowest BCUT2D eigenvalue weighted by molar-refractivity contribution is -0.129. The minimum atomic E-state index is -0.153. The second-order valence-corrected chi connectivity index (χ2v) is 8.14. The van der Waals surface area contributed by atoms with Crippen LogP contribution >= 0.6 is 0 Å². The van der Waals surface area contributed by atoms with Crippen LogP contribution in [0.1, 0.15) is 46.5 Å². The summed E-state index contributed by atoms with van der Waals surface area (Å²) >= 11 is 0. The number of carbonyl (C=O) groups is 2. The van der Waals surface area contributed by atoms with E-state index in [-0.39, 0.29) is 22.5 Å². The molecule has 4 aliphatic carbocycles. The smallest absolute Gasteiger partial charge is 0.178 e. The first-order valence-electron chi connectivity index (χ1n) is 8.55. The van der Waals surface area contributed by atoms with Gasteiger partial charge in [-0.25, -0.2) is 0 Å². The summed E-state index contributed by atoms with van der Waals surface area (Å²) in [6.45, 7) is 6.54. The monoisotopic (exact) mass is 296 g/mol. The fourth-order valence-electron chi connectivity index (χ4n) is 5.65. The Morgan fingerprint density at radius 2 is 2.00 bits per heavy atom. The number of allylic oxidation sites excluding steroid dienone is 6. The van der Waals surface area contributed by atoms with Crippen molar-refractivity contribution in [3.05, 3.63) is 35.5 Å². The molecule has 0 unspecified atom stereocenters. The molecule has 0 aliphatic heterocycles. The van der Waals surface area contributed by atoms with Gasteiger partial charge in [0.15, 0.2) is 5.78 Å². The molecule has 4 rings (SSSR count). The van der Waals surface area contributed by atoms with Gasteiger partial charge in [0.2, 0.25) is 0 Å². The number of fused-ring (bicyclic) bond motifs is 5. The van der Waals surface area contributed by atoms with Crippen LogP contribution in [0.15, 0.2) is 35.5 Å². The lowest BCUT2D eigenvalue weighted by atomic mass is 9.53. The molecule has 5 atom stereocenters. The van der Waals surface area contributed by atoms with E-state index in [4.69, 9.17) is 0 Å². The van der Waals surface area contributed by atoms with Crippen LogP contribution in [0.2, 0.25) is 0 Å². The first-order chi connectivity index (χ1) is 10.4. The van der Waals surface area contributed by atoms with E-state index in [0.717, 1.165) is 25.7 Å². The van der Waals surface area contributed by atoms with E-state index in [0.29, 0.717) is 17.6 Å². The molecule has 116 valence electrons. The highest BCUT2D eigenvalue weighted by molar-refractivity contribution is 6.01. The number of ketones is 2. The van der Waals surface area contributed by atoms with Crippen molar-refractivity contribution in [2.75, 3.05) is 0 Å². The van der Waals surface area contributed by atoms with Gasteiger partial charge in [0.05, 0.1) is 0 Å². The fraction of sp³-hybridized carbons (Fsp3) is 0.600. The summed E-state index contributed by atoms with van der Waals surface area (Å²) < 4.78 is 0. The number of hydrogen-bond donors (Lipinski definition) is 0. The zero-order chi connectivity index (χ0) is 15.7. The second-order valence-electron chi connectivity index (χ2n) is 8.14. The van der Waals surface area contributed by atoms with E-state index in [2.05, 4.69) is 32.9 Å². The van der Waals surface area contributed by atoms with Gasteiger partial charge in [-0.3, -0.25) is 9.59 Å². The minimum absolute atomic E-state index is 0.0902. The molecule has 2 saturated carbocycles. The van der Waals surface area contributed by atoms with Gasteiger partial charge >= 0.3 is 0 Å². The van der Waals surface area contributed by atoms with Gasteiger partial charge in [0.1, 0.15) is 5.78 Å². The van der Waals surface area contributed by atoms with Crippen LogP contribution in [0.5, 0.6) is 0 Å². The third-order valence-electron chi connectivity index (χ3n) is 6.96. The van der Waals surface area contributed by atoms with E-state index in [1.807, 2.05) is 6.08 Å². The van der Waals surface area contributed by atoms with Crippen molar-refractivity contribution in [2.45, 2.75) is 46.5 Å². The normalized spacial score (nSPS) is 46.6. The van der Waals surface area contributed by atoms with E-state index < -0.39 is 0 Å². The van der Waals surface area contributed by atoms with Crippen molar-refractivity contribution in [1.29, 1.82) is 0 Å². The highest BCUT2D eigenvalue weighted by atomic mass is 16.1. The van der Waals surface area contributed by atoms with E-state index in [1.54, 1.807) is 6.08 Å². The van der Waals surface area contributed by atoms with Gasteiger partial charge in [0.25, 0.3) is 0 Å². The van der Waals surface area contributed by atoms with E-state index >= 15 is 0 Å². The zero-order valence-electron chi connectivity index (χ0n) is 13.7. The Balaban J connectivity index is 1.79. The molecule has 0 radical (unpaired) electrons. The third-order valence-corrected chi connectivity index (χ3v) is 6.96. The Labute approximate surface area is 132 Å². The van der Waals surface area contributed by atoms with Crippen LogP contribution < -0.4 is 0 Å². The van der Waals surface area contributed by atoms with E-state index in [9.17, 15) is 9.59 Å². The summed E-state index contributed by atoms with van der Waals surface area (Å²) in [5.41, 5.74) is 2.49. The van der Waals surface area contributed by atoms with Crippen molar-refractivity contribution in [2.24, 2.45) is 28.6 Å². The second kappa shape index (κ2) is 4.31. The third kappa shape index (κ3) is 1.61. The summed E-state index contributed by atoms with van der Waals surface area (Å²) in [6.07, 6.45) is 12.0. The summed E-state index contributed by atoms with van der Waals surface area (Å²) in [5, 5.41) is 0. The molecule has 22 heavy (non-hydrogen) atoms. The molecular formula is C20H24O2. The van der Waals surface area contributed by atoms with Gasteiger partial charge in [-0.2, -0.15) is 0 Å². The first-order valence-corrected chi connectivity index (χ1v) is 8.55. The Morgan fingerprint density at radius 3 is 2.77 bits per heavy atom. The van der Waals surface area contributed by atoms with Crippen LogP contribution in [-0.4, -0.2) is 11.6 Å². The predicted octanol–water partition coefficient (Wildman–Crippen LogP) is 4.03. The Kier molecular flexibility index (Phi) is 2.77. The van der Waals surface area contributed by atoms with Crippen molar-refractivity contribution >= 4 is 11.6 Å². The minimum Gasteiger partial charge on any atom is -0.299 e. The maximum atomic E-state index is 12.6. The Hall–Kier alpha value is -1.44. The molecule has 0 aromatic heterocycles. The molecule has 0 bridgehead atoms. The fourth-order valence-corrected chi connectivity index (χ4v) is 5.65. The molecule has 2 heteroatoms. The van der Waals surface area contributed by atoms with Crippen molar-refractivity contribution in [3.8, 4) is 0 Å². The molecule has 0 aromatic carbocycles. The quantitative estimate of drug-likeness (QED) is 0.632. The molecule has 0 spiro atoms. The first kappa shape index (κ1) is 14.2. The zero-order valence-corrected chi connectivity index (χ0v) is 13.7. The van der Waals surface area contributed by atoms with Crippen LogP contribution in [0.4, 0.5) is 0 Å². The average molecular weight is 296 g/mol. The topological polar surface area (TPSA) is 34.1 Å². The summed E-state index contributed by atoms with van der Waals surface area (Å²) in [7, 11) is 0. The summed E-state index contributed by atoms with van der Waals surface area (Å²) in [4.78, 5) is 24.4. The van der Waals surface area contributed by atoms with Crippen molar-refractivity contribution < 1.29 is 9.59 Å². The number of carbonyl (C=O) groups excluding carboxylic acids is 2. The lowest BCUT2D eigenvalue weighted by Crippen LogP contribution is -2.43. The molecule has 4 aliphatic rings. The van der Waals surface area contributed by atoms with E-state index in [1.165, 1.54) is 11.1 Å². The molecule has 0 aromatic rings. The molecule has 2 nitrogen and oxygen atoms in total. The summed E-state index contributed by atoms with van der Waals surface area (Å²) in [6, 6.07) is 0. The van der Waals surface area contributed by atoms with Crippen LogP contribution in [0, 0.1) is 28.6 Å². The largest absolute Gasteiger partial charge is 0.299 e. The Morgan fingerprint density at radius 1 is 1.23 bits per heavy atom. The van der Waals surface area contributed by atoms with Gasteiger partial charge in [0, 0.05) is 16.7 Å². The summed E-state index contributed by atoms with van der Waals surface area (Å²) in [5.74, 6) is 1.79. The molecule has 0 saturated heterocycles. The van der Waals surface area contributed by atoms with Gasteiger partial charge in [-0.1, -0.05) is 37.1 Å². The van der Waals surface area contributed by atoms with Crippen molar-refractivity contribution in [1.82, 2.24) is 0 Å². The van der Waals surface area contributed by atoms with Crippen molar-refractivity contribution in [3.63, 3.8) is 0 Å². The van der Waals surface area contributed by atoms with Gasteiger partial charge in [-0.15, -0.1) is 0 Å². The molecule has 0 heterocycles. The lowest BCUT2D eigenvalue weighted by Gasteiger charge is -2.50. The highest BCUT2D eigenvalue weighted by Gasteiger charge is 2.57. The van der Waals surface area contributed by atoms with Gasteiger partial charge in [-0.05, 0) is 56.6 Å². The van der Waals surface area contributed by atoms with Crippen LogP contribution in [0.25, 0.3) is 0 Å². The number of hydrogen-bond acceptors (Lipinski definition) is 2. The number of rotatable bonds is 0. The predicted molar refractivity (Wildman–Crippen MR) is 86.1 cm³/mol. The molecule has 0 amide bonds. The van der Waals surface area contributed by atoms with Crippen LogP contribution in [-0.2, 0) is 9.59 Å². The SMILES string of the molecule is C[C@@H]1C[C@H]2[C@@H]3CCC4=CC(=O)C=C[C@]4(C)C3=CC[C@]2(C)C1=O. The maximum Gasteiger partial charge on any atom is 0.178 e.